The van der Waals surface area contributed by atoms with Crippen LogP contribution in [0.2, 0.25) is 0 Å². The van der Waals surface area contributed by atoms with Crippen LogP contribution >= 0.6 is 0 Å². The minimum Gasteiger partial charge on any atom is -0.493 e. The molecule has 25 heavy (non-hydrogen) atoms. The molecule has 0 aliphatic heterocycles. The van der Waals surface area contributed by atoms with Crippen molar-refractivity contribution >= 4 is 5.91 Å². The lowest BCUT2D eigenvalue weighted by Crippen LogP contribution is -2.28. The van der Waals surface area contributed by atoms with Crippen LogP contribution in [-0.4, -0.2) is 33.3 Å². The molecule has 0 bridgehead atoms. The van der Waals surface area contributed by atoms with E-state index in [2.05, 4.69) is 17.4 Å². The number of carbonyl (C=O) groups is 1. The number of ether oxygens (including phenoxy) is 3. The minimum atomic E-state index is -0.168. The standard InChI is InChI=1S/C20H23NO4/c1-23-18-9-7-16(13-19(18)24-2)20(22)21-10-11-25-17-8-6-14-4-3-5-15(14)12-17/h6-9,12-13H,3-5,10-11H2,1-2H3,(H,21,22). The van der Waals surface area contributed by atoms with Crippen LogP contribution < -0.4 is 19.5 Å². The number of amides is 1. The maximum Gasteiger partial charge on any atom is 0.251 e. The van der Waals surface area contributed by atoms with Gasteiger partial charge in [-0.05, 0) is 60.7 Å². The van der Waals surface area contributed by atoms with Gasteiger partial charge in [-0.15, -0.1) is 0 Å². The average molecular weight is 341 g/mol. The molecule has 0 radical (unpaired) electrons. The molecule has 5 heteroatoms. The number of aryl methyl sites for hydroxylation is 2. The van der Waals surface area contributed by atoms with Crippen LogP contribution in [-0.2, 0) is 12.8 Å². The number of benzene rings is 2. The number of hydrogen-bond donors (Lipinski definition) is 1. The average Bonchev–Trinajstić information content (AvgIpc) is 3.12. The van der Waals surface area contributed by atoms with Gasteiger partial charge in [0.05, 0.1) is 20.8 Å². The highest BCUT2D eigenvalue weighted by Gasteiger charge is 2.12. The van der Waals surface area contributed by atoms with Crippen LogP contribution in [0, 0.1) is 0 Å². The fourth-order valence-electron chi connectivity index (χ4n) is 3.05. The third kappa shape index (κ3) is 4.05. The summed E-state index contributed by atoms with van der Waals surface area (Å²) in [7, 11) is 3.11. The van der Waals surface area contributed by atoms with Crippen molar-refractivity contribution in [3.05, 3.63) is 53.1 Å². The van der Waals surface area contributed by atoms with Crippen molar-refractivity contribution in [2.75, 3.05) is 27.4 Å². The van der Waals surface area contributed by atoms with Crippen LogP contribution in [0.4, 0.5) is 0 Å². The Hall–Kier alpha value is -2.69. The van der Waals surface area contributed by atoms with Crippen LogP contribution in [0.25, 0.3) is 0 Å². The van der Waals surface area contributed by atoms with E-state index in [-0.39, 0.29) is 5.91 Å². The second-order valence-electron chi connectivity index (χ2n) is 5.96. The smallest absolute Gasteiger partial charge is 0.251 e. The highest BCUT2D eigenvalue weighted by atomic mass is 16.5. The van der Waals surface area contributed by atoms with Gasteiger partial charge in [0.15, 0.2) is 11.5 Å². The molecule has 3 rings (SSSR count). The highest BCUT2D eigenvalue weighted by molar-refractivity contribution is 5.94. The molecular formula is C20H23NO4. The van der Waals surface area contributed by atoms with Crippen LogP contribution in [0.3, 0.4) is 0 Å². The van der Waals surface area contributed by atoms with E-state index < -0.39 is 0 Å². The monoisotopic (exact) mass is 341 g/mol. The Labute approximate surface area is 147 Å². The van der Waals surface area contributed by atoms with Gasteiger partial charge in [-0.1, -0.05) is 6.07 Å². The molecule has 0 atom stereocenters. The molecule has 1 amide bonds. The van der Waals surface area contributed by atoms with Gasteiger partial charge < -0.3 is 19.5 Å². The van der Waals surface area contributed by atoms with E-state index in [1.54, 1.807) is 32.4 Å². The van der Waals surface area contributed by atoms with E-state index in [0.717, 1.165) is 18.6 Å². The van der Waals surface area contributed by atoms with Crippen molar-refractivity contribution in [3.8, 4) is 17.2 Å². The number of carbonyl (C=O) groups excluding carboxylic acids is 1. The summed E-state index contributed by atoms with van der Waals surface area (Å²) in [4.78, 5) is 12.2. The Morgan fingerprint density at radius 3 is 2.60 bits per heavy atom. The van der Waals surface area contributed by atoms with Crippen LogP contribution in [0.1, 0.15) is 27.9 Å². The molecule has 132 valence electrons. The fourth-order valence-corrected chi connectivity index (χ4v) is 3.05. The van der Waals surface area contributed by atoms with Gasteiger partial charge in [-0.2, -0.15) is 0 Å². The molecule has 5 nitrogen and oxygen atoms in total. The summed E-state index contributed by atoms with van der Waals surface area (Å²) in [6.45, 7) is 0.863. The van der Waals surface area contributed by atoms with Crippen molar-refractivity contribution in [2.24, 2.45) is 0 Å². The van der Waals surface area contributed by atoms with Crippen LogP contribution in [0.15, 0.2) is 36.4 Å². The van der Waals surface area contributed by atoms with E-state index in [1.165, 1.54) is 17.5 Å². The van der Waals surface area contributed by atoms with E-state index in [4.69, 9.17) is 14.2 Å². The van der Waals surface area contributed by atoms with Crippen molar-refractivity contribution in [1.29, 1.82) is 0 Å². The fraction of sp³-hybridized carbons (Fsp3) is 0.350. The molecule has 0 fully saturated rings. The predicted octanol–water partition coefficient (Wildman–Crippen LogP) is 3.00. The summed E-state index contributed by atoms with van der Waals surface area (Å²) in [6.07, 6.45) is 3.51. The van der Waals surface area contributed by atoms with Crippen LogP contribution in [0.5, 0.6) is 17.2 Å². The Bertz CT molecular complexity index is 757. The zero-order valence-corrected chi connectivity index (χ0v) is 14.6. The molecule has 0 unspecified atom stereocenters. The van der Waals surface area contributed by atoms with Crippen molar-refractivity contribution in [2.45, 2.75) is 19.3 Å². The zero-order chi connectivity index (χ0) is 17.6. The van der Waals surface area contributed by atoms with E-state index in [0.29, 0.717) is 30.2 Å². The Morgan fingerprint density at radius 2 is 1.80 bits per heavy atom. The zero-order valence-electron chi connectivity index (χ0n) is 14.6. The van der Waals surface area contributed by atoms with Gasteiger partial charge in [-0.3, -0.25) is 4.79 Å². The number of rotatable bonds is 7. The van der Waals surface area contributed by atoms with Crippen molar-refractivity contribution < 1.29 is 19.0 Å². The van der Waals surface area contributed by atoms with Crippen molar-refractivity contribution in [1.82, 2.24) is 5.32 Å². The summed E-state index contributed by atoms with van der Waals surface area (Å²) in [5, 5.41) is 2.85. The van der Waals surface area contributed by atoms with Crippen molar-refractivity contribution in [3.63, 3.8) is 0 Å². The molecular weight excluding hydrogens is 318 g/mol. The summed E-state index contributed by atoms with van der Waals surface area (Å²) in [5.74, 6) is 1.82. The molecule has 0 saturated heterocycles. The second kappa shape index (κ2) is 7.92. The summed E-state index contributed by atoms with van der Waals surface area (Å²) in [6, 6.07) is 11.3. The van der Waals surface area contributed by atoms with Gasteiger partial charge in [0.2, 0.25) is 0 Å². The molecule has 1 aliphatic carbocycles. The molecule has 1 aliphatic rings. The molecule has 0 heterocycles. The lowest BCUT2D eigenvalue weighted by atomic mass is 10.1. The quantitative estimate of drug-likeness (QED) is 0.787. The Balaban J connectivity index is 1.49. The number of fused-ring (bicyclic) bond motifs is 1. The lowest BCUT2D eigenvalue weighted by Gasteiger charge is -2.11. The third-order valence-corrected chi connectivity index (χ3v) is 4.37. The van der Waals surface area contributed by atoms with Gasteiger partial charge in [0.1, 0.15) is 12.4 Å². The van der Waals surface area contributed by atoms with E-state index >= 15 is 0 Å². The summed E-state index contributed by atoms with van der Waals surface area (Å²) in [5.41, 5.74) is 3.33. The van der Waals surface area contributed by atoms with Gasteiger partial charge in [-0.25, -0.2) is 0 Å². The largest absolute Gasteiger partial charge is 0.493 e. The highest BCUT2D eigenvalue weighted by Crippen LogP contribution is 2.27. The first-order valence-electron chi connectivity index (χ1n) is 8.46. The van der Waals surface area contributed by atoms with Gasteiger partial charge in [0.25, 0.3) is 5.91 Å². The first-order chi connectivity index (χ1) is 12.2. The SMILES string of the molecule is COc1ccc(C(=O)NCCOc2ccc3c(c2)CCC3)cc1OC. The molecule has 0 saturated carbocycles. The molecule has 2 aromatic carbocycles. The Morgan fingerprint density at radius 1 is 1.00 bits per heavy atom. The maximum atomic E-state index is 12.2. The maximum absolute atomic E-state index is 12.2. The molecule has 1 N–H and O–H groups in total. The number of nitrogens with one attached hydrogen (secondary N) is 1. The second-order valence-corrected chi connectivity index (χ2v) is 5.96. The van der Waals surface area contributed by atoms with E-state index in [9.17, 15) is 4.79 Å². The molecule has 0 aromatic heterocycles. The normalized spacial score (nSPS) is 12.4. The predicted molar refractivity (Wildman–Crippen MR) is 95.8 cm³/mol. The first-order valence-corrected chi connectivity index (χ1v) is 8.46. The van der Waals surface area contributed by atoms with Gasteiger partial charge in [0, 0.05) is 5.56 Å². The first kappa shape index (κ1) is 17.1. The topological polar surface area (TPSA) is 56.8 Å². The van der Waals surface area contributed by atoms with E-state index in [1.807, 2.05) is 6.07 Å². The summed E-state index contributed by atoms with van der Waals surface area (Å²) < 4.78 is 16.1. The Kier molecular flexibility index (Phi) is 5.43. The molecule has 0 spiro atoms. The minimum absolute atomic E-state index is 0.168. The molecule has 2 aromatic rings. The summed E-state index contributed by atoms with van der Waals surface area (Å²) >= 11 is 0. The lowest BCUT2D eigenvalue weighted by molar-refractivity contribution is 0.0946. The third-order valence-electron chi connectivity index (χ3n) is 4.37. The number of methoxy groups -OCH3 is 2. The van der Waals surface area contributed by atoms with Gasteiger partial charge >= 0.3 is 0 Å². The number of hydrogen-bond acceptors (Lipinski definition) is 4.